The Morgan fingerprint density at radius 1 is 1.04 bits per heavy atom. The quantitative estimate of drug-likeness (QED) is 0.496. The summed E-state index contributed by atoms with van der Waals surface area (Å²) in [6.07, 6.45) is 4.88. The number of aryl methyl sites for hydroxylation is 2. The van der Waals surface area contributed by atoms with Gasteiger partial charge in [0.1, 0.15) is 12.3 Å². The van der Waals surface area contributed by atoms with Crippen molar-refractivity contribution in [2.75, 3.05) is 6.61 Å². The van der Waals surface area contributed by atoms with E-state index in [-0.39, 0.29) is 0 Å². The Balaban J connectivity index is 1.47. The first-order chi connectivity index (χ1) is 11.3. The summed E-state index contributed by atoms with van der Waals surface area (Å²) in [5.74, 6) is 0.924. The van der Waals surface area contributed by atoms with Crippen molar-refractivity contribution in [3.8, 4) is 5.75 Å². The Bertz CT molecular complexity index is 737. The van der Waals surface area contributed by atoms with Gasteiger partial charge in [0.15, 0.2) is 0 Å². The van der Waals surface area contributed by atoms with E-state index in [9.17, 15) is 0 Å². The lowest BCUT2D eigenvalue weighted by atomic mass is 10.1. The Morgan fingerprint density at radius 2 is 1.83 bits per heavy atom. The lowest BCUT2D eigenvalue weighted by Gasteiger charge is -2.04. The molecule has 0 unspecified atom stereocenters. The summed E-state index contributed by atoms with van der Waals surface area (Å²) < 4.78 is 9.78. The molecule has 0 N–H and O–H groups in total. The van der Waals surface area contributed by atoms with Gasteiger partial charge in [0.25, 0.3) is 6.33 Å². The monoisotopic (exact) mass is 308 g/mol. The van der Waals surface area contributed by atoms with E-state index in [1.54, 1.807) is 0 Å². The molecule has 1 aromatic heterocycles. The van der Waals surface area contributed by atoms with Crippen molar-refractivity contribution in [3.05, 3.63) is 78.4 Å². The smallest absolute Gasteiger partial charge is 0.265 e. The molecule has 4 nitrogen and oxygen atoms in total. The van der Waals surface area contributed by atoms with Crippen LogP contribution < -0.4 is 9.30 Å². The first kappa shape index (κ1) is 15.3. The molecule has 0 bridgehead atoms. The van der Waals surface area contributed by atoms with Crippen LogP contribution in [0.1, 0.15) is 17.5 Å². The molecular weight excluding hydrogens is 286 g/mol. The summed E-state index contributed by atoms with van der Waals surface area (Å²) in [7, 11) is 0. The van der Waals surface area contributed by atoms with Gasteiger partial charge in [-0.05, 0) is 30.2 Å². The predicted molar refractivity (Wildman–Crippen MR) is 89.3 cm³/mol. The zero-order chi connectivity index (χ0) is 15.9. The number of benzene rings is 2. The fourth-order valence-electron chi connectivity index (χ4n) is 2.48. The molecule has 3 aromatic rings. The highest BCUT2D eigenvalue weighted by molar-refractivity contribution is 5.25. The maximum Gasteiger partial charge on any atom is 0.265 e. The topological polar surface area (TPSA) is 30.9 Å². The molecule has 23 heavy (non-hydrogen) atoms. The van der Waals surface area contributed by atoms with Gasteiger partial charge in [-0.25, -0.2) is 4.57 Å². The molecule has 0 amide bonds. The highest BCUT2D eigenvalue weighted by atomic mass is 16.5. The summed E-state index contributed by atoms with van der Waals surface area (Å²) >= 11 is 0. The standard InChI is InChI=1S/C19H22N3O/c1-17-8-5-6-9-18(17)14-22-16-21(15-20-22)12-7-13-23-19-10-3-2-4-11-19/h2-6,8-11,15-16H,7,12-14H2,1H3/q+1. The van der Waals surface area contributed by atoms with Gasteiger partial charge in [-0.3, -0.25) is 0 Å². The predicted octanol–water partition coefficient (Wildman–Crippen LogP) is 3.00. The Morgan fingerprint density at radius 3 is 2.65 bits per heavy atom. The van der Waals surface area contributed by atoms with Crippen LogP contribution in [0, 0.1) is 6.92 Å². The van der Waals surface area contributed by atoms with Crippen LogP contribution in [0.25, 0.3) is 0 Å². The van der Waals surface area contributed by atoms with Crippen molar-refractivity contribution >= 4 is 0 Å². The fourth-order valence-corrected chi connectivity index (χ4v) is 2.48. The molecule has 0 atom stereocenters. The fraction of sp³-hybridized carbons (Fsp3) is 0.263. The Hall–Kier alpha value is -2.62. The molecule has 0 aliphatic heterocycles. The zero-order valence-corrected chi connectivity index (χ0v) is 13.4. The van der Waals surface area contributed by atoms with E-state index in [2.05, 4.69) is 47.2 Å². The van der Waals surface area contributed by atoms with Gasteiger partial charge in [0, 0.05) is 11.5 Å². The van der Waals surface area contributed by atoms with Gasteiger partial charge < -0.3 is 4.74 Å². The summed E-state index contributed by atoms with van der Waals surface area (Å²) in [4.78, 5) is 0. The number of hydrogen-bond acceptors (Lipinski definition) is 2. The third-order valence-corrected chi connectivity index (χ3v) is 3.80. The maximum absolute atomic E-state index is 5.71. The molecule has 0 fully saturated rings. The van der Waals surface area contributed by atoms with Crippen molar-refractivity contribution in [2.45, 2.75) is 26.4 Å². The molecule has 2 aromatic carbocycles. The van der Waals surface area contributed by atoms with Crippen LogP contribution in [0.4, 0.5) is 0 Å². The number of rotatable bonds is 7. The second kappa shape index (κ2) is 7.58. The van der Waals surface area contributed by atoms with Crippen molar-refractivity contribution in [1.29, 1.82) is 0 Å². The summed E-state index contributed by atoms with van der Waals surface area (Å²) in [6.45, 7) is 4.55. The van der Waals surface area contributed by atoms with Crippen molar-refractivity contribution in [1.82, 2.24) is 9.78 Å². The number of hydrogen-bond donors (Lipinski definition) is 0. The number of ether oxygens (including phenoxy) is 1. The van der Waals surface area contributed by atoms with Crippen LogP contribution in [-0.4, -0.2) is 16.4 Å². The van der Waals surface area contributed by atoms with Crippen LogP contribution in [0.2, 0.25) is 0 Å². The lowest BCUT2D eigenvalue weighted by Crippen LogP contribution is -2.32. The molecule has 0 radical (unpaired) electrons. The van der Waals surface area contributed by atoms with E-state index in [1.165, 1.54) is 11.1 Å². The molecule has 0 aliphatic carbocycles. The zero-order valence-electron chi connectivity index (χ0n) is 13.4. The van der Waals surface area contributed by atoms with Crippen LogP contribution in [-0.2, 0) is 13.1 Å². The third kappa shape index (κ3) is 4.42. The molecule has 4 heteroatoms. The maximum atomic E-state index is 5.71. The first-order valence-electron chi connectivity index (χ1n) is 7.95. The molecule has 118 valence electrons. The normalized spacial score (nSPS) is 10.7. The van der Waals surface area contributed by atoms with Crippen LogP contribution in [0.3, 0.4) is 0 Å². The van der Waals surface area contributed by atoms with E-state index in [0.29, 0.717) is 6.61 Å². The lowest BCUT2D eigenvalue weighted by molar-refractivity contribution is -0.698. The minimum Gasteiger partial charge on any atom is -0.493 e. The van der Waals surface area contributed by atoms with E-state index in [1.807, 2.05) is 41.3 Å². The molecule has 3 rings (SSSR count). The largest absolute Gasteiger partial charge is 0.493 e. The van der Waals surface area contributed by atoms with E-state index < -0.39 is 0 Å². The molecule has 0 aliphatic rings. The number of aromatic nitrogens is 3. The van der Waals surface area contributed by atoms with Gasteiger partial charge in [0.2, 0.25) is 6.33 Å². The Kier molecular flexibility index (Phi) is 5.04. The number of para-hydroxylation sites is 1. The van der Waals surface area contributed by atoms with Crippen molar-refractivity contribution < 1.29 is 9.30 Å². The third-order valence-electron chi connectivity index (χ3n) is 3.80. The molecule has 0 saturated heterocycles. The van der Waals surface area contributed by atoms with Crippen LogP contribution >= 0.6 is 0 Å². The number of nitrogens with zero attached hydrogens (tertiary/aromatic N) is 3. The SMILES string of the molecule is Cc1ccccc1Cn1c[n+](CCCOc2ccccc2)cn1. The second-order valence-corrected chi connectivity index (χ2v) is 5.62. The van der Waals surface area contributed by atoms with Crippen molar-refractivity contribution in [3.63, 3.8) is 0 Å². The average Bonchev–Trinajstić information content (AvgIpc) is 3.02. The molecule has 0 saturated carbocycles. The summed E-state index contributed by atoms with van der Waals surface area (Å²) in [5, 5.41) is 4.43. The van der Waals surface area contributed by atoms with Gasteiger partial charge >= 0.3 is 0 Å². The van der Waals surface area contributed by atoms with Gasteiger partial charge in [-0.2, -0.15) is 0 Å². The second-order valence-electron chi connectivity index (χ2n) is 5.62. The Labute approximate surface area is 137 Å². The molecule has 1 heterocycles. The first-order valence-corrected chi connectivity index (χ1v) is 7.95. The highest BCUT2D eigenvalue weighted by Gasteiger charge is 2.08. The van der Waals surface area contributed by atoms with Gasteiger partial charge in [0.05, 0.1) is 13.2 Å². The summed E-state index contributed by atoms with van der Waals surface area (Å²) in [5.41, 5.74) is 2.60. The van der Waals surface area contributed by atoms with Crippen molar-refractivity contribution in [2.24, 2.45) is 0 Å². The van der Waals surface area contributed by atoms with E-state index in [4.69, 9.17) is 4.74 Å². The van der Waals surface area contributed by atoms with Crippen LogP contribution in [0.5, 0.6) is 5.75 Å². The van der Waals surface area contributed by atoms with Gasteiger partial charge in [-0.15, -0.1) is 4.68 Å². The molecule has 0 spiro atoms. The average molecular weight is 308 g/mol. The molecular formula is C19H22N3O+. The minimum atomic E-state index is 0.708. The minimum absolute atomic E-state index is 0.708. The van der Waals surface area contributed by atoms with E-state index in [0.717, 1.165) is 25.3 Å². The summed E-state index contributed by atoms with van der Waals surface area (Å²) in [6, 6.07) is 18.3. The van der Waals surface area contributed by atoms with E-state index >= 15 is 0 Å². The van der Waals surface area contributed by atoms with Crippen LogP contribution in [0.15, 0.2) is 67.3 Å². The highest BCUT2D eigenvalue weighted by Crippen LogP contribution is 2.09. The van der Waals surface area contributed by atoms with Gasteiger partial charge in [-0.1, -0.05) is 42.5 Å².